The summed E-state index contributed by atoms with van der Waals surface area (Å²) < 4.78 is 6.42. The van der Waals surface area contributed by atoms with Gasteiger partial charge < -0.3 is 9.30 Å². The van der Waals surface area contributed by atoms with Gasteiger partial charge in [-0.05, 0) is 24.3 Å². The van der Waals surface area contributed by atoms with E-state index in [0.29, 0.717) is 16.3 Å². The first-order valence-electron chi connectivity index (χ1n) is 5.69. The van der Waals surface area contributed by atoms with Gasteiger partial charge in [0.05, 0.1) is 18.6 Å². The summed E-state index contributed by atoms with van der Waals surface area (Å²) in [5.74, 6) is 0.563. The van der Waals surface area contributed by atoms with E-state index in [4.69, 9.17) is 16.3 Å². The molecule has 0 fully saturated rings. The Balaban J connectivity index is 2.45. The van der Waals surface area contributed by atoms with E-state index in [1.165, 1.54) is 30.0 Å². The minimum absolute atomic E-state index is 0.143. The number of benzene rings is 1. The van der Waals surface area contributed by atoms with Crippen molar-refractivity contribution < 1.29 is 9.66 Å². The molecule has 7 heteroatoms. The van der Waals surface area contributed by atoms with Gasteiger partial charge in [0.15, 0.2) is 0 Å². The number of pyridine rings is 1. The summed E-state index contributed by atoms with van der Waals surface area (Å²) in [5, 5.41) is 11.2. The van der Waals surface area contributed by atoms with Crippen LogP contribution >= 0.6 is 11.6 Å². The molecule has 0 unspecified atom stereocenters. The average molecular weight is 295 g/mol. The molecule has 20 heavy (non-hydrogen) atoms. The minimum Gasteiger partial charge on any atom is -0.496 e. The zero-order valence-electron chi connectivity index (χ0n) is 10.6. The fourth-order valence-corrected chi connectivity index (χ4v) is 2.04. The highest BCUT2D eigenvalue weighted by Crippen LogP contribution is 2.23. The lowest BCUT2D eigenvalue weighted by atomic mass is 10.2. The first kappa shape index (κ1) is 14.1. The van der Waals surface area contributed by atoms with Gasteiger partial charge in [-0.3, -0.25) is 14.9 Å². The molecule has 0 radical (unpaired) electrons. The van der Waals surface area contributed by atoms with Crippen LogP contribution in [-0.4, -0.2) is 16.6 Å². The van der Waals surface area contributed by atoms with Crippen LogP contribution in [-0.2, 0) is 6.54 Å². The van der Waals surface area contributed by atoms with E-state index in [-0.39, 0.29) is 6.54 Å². The van der Waals surface area contributed by atoms with Crippen molar-refractivity contribution in [3.63, 3.8) is 0 Å². The first-order chi connectivity index (χ1) is 9.52. The quantitative estimate of drug-likeness (QED) is 0.641. The zero-order valence-corrected chi connectivity index (χ0v) is 11.3. The summed E-state index contributed by atoms with van der Waals surface area (Å²) >= 11 is 5.91. The summed E-state index contributed by atoms with van der Waals surface area (Å²) in [6.45, 7) is 0.143. The minimum atomic E-state index is -0.700. The molecule has 1 aromatic carbocycles. The monoisotopic (exact) mass is 294 g/mol. The molecule has 0 N–H and O–H groups in total. The molecule has 0 saturated carbocycles. The van der Waals surface area contributed by atoms with Crippen molar-refractivity contribution in [3.8, 4) is 5.75 Å². The number of ether oxygens (including phenoxy) is 1. The Morgan fingerprint density at radius 3 is 2.80 bits per heavy atom. The van der Waals surface area contributed by atoms with Crippen LogP contribution in [0.3, 0.4) is 0 Å². The van der Waals surface area contributed by atoms with Gasteiger partial charge in [0, 0.05) is 22.8 Å². The van der Waals surface area contributed by atoms with E-state index in [0.717, 1.165) is 0 Å². The van der Waals surface area contributed by atoms with Crippen LogP contribution in [0.2, 0.25) is 5.02 Å². The second-order valence-electron chi connectivity index (χ2n) is 4.04. The van der Waals surface area contributed by atoms with E-state index in [2.05, 4.69) is 0 Å². The number of aromatic nitrogens is 1. The summed E-state index contributed by atoms with van der Waals surface area (Å²) in [6.07, 6.45) is 1.48. The Morgan fingerprint density at radius 1 is 1.40 bits per heavy atom. The maximum absolute atomic E-state index is 11.9. The van der Waals surface area contributed by atoms with Gasteiger partial charge in [0.25, 0.3) is 0 Å². The summed E-state index contributed by atoms with van der Waals surface area (Å²) in [4.78, 5) is 22.0. The third kappa shape index (κ3) is 2.80. The Labute approximate surface area is 119 Å². The Kier molecular flexibility index (Phi) is 4.05. The van der Waals surface area contributed by atoms with Crippen molar-refractivity contribution in [2.75, 3.05) is 7.11 Å². The molecule has 0 atom stereocenters. The number of halogens is 1. The van der Waals surface area contributed by atoms with Crippen molar-refractivity contribution in [1.82, 2.24) is 4.57 Å². The largest absolute Gasteiger partial charge is 0.496 e. The van der Waals surface area contributed by atoms with E-state index in [1.54, 1.807) is 18.2 Å². The second-order valence-corrected chi connectivity index (χ2v) is 4.48. The van der Waals surface area contributed by atoms with Crippen LogP contribution in [0, 0.1) is 10.1 Å². The number of hydrogen-bond donors (Lipinski definition) is 0. The Morgan fingerprint density at radius 2 is 2.15 bits per heavy atom. The zero-order chi connectivity index (χ0) is 14.7. The second kappa shape index (κ2) is 5.75. The summed E-state index contributed by atoms with van der Waals surface area (Å²) in [6, 6.07) is 7.64. The van der Waals surface area contributed by atoms with Crippen LogP contribution in [0.15, 0.2) is 41.3 Å². The molecule has 2 aromatic rings. The first-order valence-corrected chi connectivity index (χ1v) is 6.07. The fourth-order valence-electron chi connectivity index (χ4n) is 1.84. The van der Waals surface area contributed by atoms with Gasteiger partial charge in [-0.1, -0.05) is 11.6 Å². The molecule has 0 aliphatic carbocycles. The van der Waals surface area contributed by atoms with E-state index in [9.17, 15) is 14.9 Å². The predicted molar refractivity (Wildman–Crippen MR) is 74.5 cm³/mol. The lowest BCUT2D eigenvalue weighted by Crippen LogP contribution is -2.22. The SMILES string of the molecule is COc1ccc(Cl)cc1Cn1cccc([N+](=O)[O-])c1=O. The summed E-state index contributed by atoms with van der Waals surface area (Å²) in [5.41, 5.74) is -0.462. The highest BCUT2D eigenvalue weighted by atomic mass is 35.5. The van der Waals surface area contributed by atoms with Gasteiger partial charge in [0.2, 0.25) is 0 Å². The predicted octanol–water partition coefficient (Wildman–Crippen LogP) is 2.47. The molecular formula is C13H11ClN2O4. The topological polar surface area (TPSA) is 74.4 Å². The number of rotatable bonds is 4. The molecule has 0 aliphatic heterocycles. The average Bonchev–Trinajstić information content (AvgIpc) is 2.41. The molecule has 0 spiro atoms. The lowest BCUT2D eigenvalue weighted by Gasteiger charge is -2.10. The van der Waals surface area contributed by atoms with E-state index in [1.807, 2.05) is 0 Å². The van der Waals surface area contributed by atoms with Gasteiger partial charge in [-0.2, -0.15) is 0 Å². The van der Waals surface area contributed by atoms with E-state index < -0.39 is 16.2 Å². The molecule has 2 rings (SSSR count). The van der Waals surface area contributed by atoms with Crippen molar-refractivity contribution in [2.24, 2.45) is 0 Å². The standard InChI is InChI=1S/C13H11ClN2O4/c1-20-12-5-4-10(14)7-9(12)8-15-6-2-3-11(13(15)17)16(18)19/h2-7H,8H2,1H3. The van der Waals surface area contributed by atoms with Crippen molar-refractivity contribution in [2.45, 2.75) is 6.54 Å². The Bertz CT molecular complexity index is 712. The third-order valence-electron chi connectivity index (χ3n) is 2.78. The van der Waals surface area contributed by atoms with Crippen molar-refractivity contribution in [3.05, 3.63) is 67.6 Å². The highest BCUT2D eigenvalue weighted by molar-refractivity contribution is 6.30. The maximum Gasteiger partial charge on any atom is 0.334 e. The smallest absolute Gasteiger partial charge is 0.334 e. The molecule has 6 nitrogen and oxygen atoms in total. The van der Waals surface area contributed by atoms with Crippen molar-refractivity contribution >= 4 is 17.3 Å². The number of methoxy groups -OCH3 is 1. The maximum atomic E-state index is 11.9. The van der Waals surface area contributed by atoms with Crippen LogP contribution in [0.25, 0.3) is 0 Å². The number of nitrogens with zero attached hydrogens (tertiary/aromatic N) is 2. The van der Waals surface area contributed by atoms with Gasteiger partial charge >= 0.3 is 11.2 Å². The molecule has 0 amide bonds. The number of hydrogen-bond acceptors (Lipinski definition) is 4. The van der Waals surface area contributed by atoms with Gasteiger partial charge in [-0.15, -0.1) is 0 Å². The number of nitro groups is 1. The molecule has 0 saturated heterocycles. The molecule has 104 valence electrons. The molecule has 1 aromatic heterocycles. The third-order valence-corrected chi connectivity index (χ3v) is 3.02. The van der Waals surface area contributed by atoms with Crippen LogP contribution in [0.4, 0.5) is 5.69 Å². The van der Waals surface area contributed by atoms with Crippen LogP contribution < -0.4 is 10.3 Å². The van der Waals surface area contributed by atoms with Gasteiger partial charge in [0.1, 0.15) is 5.75 Å². The highest BCUT2D eigenvalue weighted by Gasteiger charge is 2.14. The van der Waals surface area contributed by atoms with E-state index >= 15 is 0 Å². The van der Waals surface area contributed by atoms with Gasteiger partial charge in [-0.25, -0.2) is 0 Å². The summed E-state index contributed by atoms with van der Waals surface area (Å²) in [7, 11) is 1.50. The molecule has 0 bridgehead atoms. The van der Waals surface area contributed by atoms with Crippen LogP contribution in [0.5, 0.6) is 5.75 Å². The molecular weight excluding hydrogens is 284 g/mol. The van der Waals surface area contributed by atoms with Crippen molar-refractivity contribution in [1.29, 1.82) is 0 Å². The molecule has 0 aliphatic rings. The Hall–Kier alpha value is -2.34. The normalized spacial score (nSPS) is 10.3. The van der Waals surface area contributed by atoms with Crippen LogP contribution in [0.1, 0.15) is 5.56 Å². The fraction of sp³-hybridized carbons (Fsp3) is 0.154. The molecule has 1 heterocycles. The lowest BCUT2D eigenvalue weighted by molar-refractivity contribution is -0.386.